The molecule has 0 aliphatic carbocycles. The number of piperidine rings is 1. The molecule has 1 saturated heterocycles. The number of nitrogens with one attached hydrogen (secondary N) is 1. The lowest BCUT2D eigenvalue weighted by atomic mass is 9.88. The van der Waals surface area contributed by atoms with Gasteiger partial charge in [0.1, 0.15) is 17.8 Å². The van der Waals surface area contributed by atoms with Crippen LogP contribution in [0.2, 0.25) is 0 Å². The third kappa shape index (κ3) is 10.2. The lowest BCUT2D eigenvalue weighted by Gasteiger charge is -2.43. The molecule has 61 heavy (non-hydrogen) atoms. The molecule has 4 amide bonds. The van der Waals surface area contributed by atoms with Crippen LogP contribution >= 0.6 is 0 Å². The molecule has 3 aliphatic heterocycles. The van der Waals surface area contributed by atoms with Gasteiger partial charge in [0.2, 0.25) is 11.8 Å². The Morgan fingerprint density at radius 2 is 1.39 bits per heavy atom. The van der Waals surface area contributed by atoms with E-state index in [-0.39, 0.29) is 42.1 Å². The summed E-state index contributed by atoms with van der Waals surface area (Å²) in [6, 6.07) is 14.2. The van der Waals surface area contributed by atoms with Crippen LogP contribution in [0.25, 0.3) is 22.6 Å². The Bertz CT molecular complexity index is 2220. The number of fused-ring (bicyclic) bond motifs is 2. The fourth-order valence-electron chi connectivity index (χ4n) is 9.02. The lowest BCUT2D eigenvalue weighted by Crippen LogP contribution is -2.48. The van der Waals surface area contributed by atoms with E-state index < -0.39 is 18.2 Å². The number of anilines is 2. The maximum absolute atomic E-state index is 12.4. The lowest BCUT2D eigenvalue weighted by molar-refractivity contribution is -0.118. The van der Waals surface area contributed by atoms with E-state index in [0.717, 1.165) is 53.3 Å². The number of nitrogens with zero attached hydrogens (tertiary/aromatic N) is 4. The molecule has 7 rings (SSSR count). The molecule has 2 N–H and O–H groups in total. The number of ether oxygens (including phenoxy) is 1. The van der Waals surface area contributed by atoms with Crippen LogP contribution < -0.4 is 15.1 Å². The van der Waals surface area contributed by atoms with Gasteiger partial charge >= 0.3 is 12.2 Å². The van der Waals surface area contributed by atoms with Gasteiger partial charge in [-0.3, -0.25) is 24.2 Å². The van der Waals surface area contributed by atoms with Crippen molar-refractivity contribution < 1.29 is 42.7 Å². The highest BCUT2D eigenvalue weighted by Gasteiger charge is 2.39. The molecule has 14 heteroatoms. The third-order valence-electron chi connectivity index (χ3n) is 11.6. The SMILES string of the molecule is CC(=O)N1c2ccc(-c3cc(C=O)co3)cc2[C@H](N(C(=O)O)C(C)C)C[C@@H]1C.CC(=O)N1c2ccc(-c3cc(CN4CCCCC4)co3)cc2[C@H](NC(=O)OC(C)C)C[C@@H]1C. The maximum Gasteiger partial charge on any atom is 0.408 e. The number of benzene rings is 2. The van der Waals surface area contributed by atoms with Gasteiger partial charge in [-0.05, 0) is 140 Å². The van der Waals surface area contributed by atoms with Crippen molar-refractivity contribution in [3.8, 4) is 22.6 Å². The number of aldehydes is 1. The molecule has 0 bridgehead atoms. The van der Waals surface area contributed by atoms with E-state index in [1.807, 2.05) is 84.2 Å². The average Bonchev–Trinajstić information content (AvgIpc) is 3.88. The van der Waals surface area contributed by atoms with Crippen LogP contribution in [0.3, 0.4) is 0 Å². The van der Waals surface area contributed by atoms with Crippen LogP contribution in [0, 0.1) is 0 Å². The molecule has 14 nitrogen and oxygen atoms in total. The van der Waals surface area contributed by atoms with Gasteiger partial charge in [-0.25, -0.2) is 9.59 Å². The highest BCUT2D eigenvalue weighted by molar-refractivity contribution is 5.95. The van der Waals surface area contributed by atoms with Gasteiger partial charge in [-0.1, -0.05) is 6.42 Å². The molecule has 4 aromatic rings. The van der Waals surface area contributed by atoms with Gasteiger partial charge in [-0.15, -0.1) is 0 Å². The molecule has 5 heterocycles. The molecule has 0 saturated carbocycles. The van der Waals surface area contributed by atoms with E-state index >= 15 is 0 Å². The van der Waals surface area contributed by atoms with Gasteiger partial charge in [0.25, 0.3) is 0 Å². The first-order valence-electron chi connectivity index (χ1n) is 21.3. The fourth-order valence-corrected chi connectivity index (χ4v) is 9.02. The number of alkyl carbamates (subject to hydrolysis) is 1. The van der Waals surface area contributed by atoms with Crippen LogP contribution in [-0.4, -0.2) is 82.5 Å². The van der Waals surface area contributed by atoms with Crippen molar-refractivity contribution in [2.24, 2.45) is 0 Å². The highest BCUT2D eigenvalue weighted by Crippen LogP contribution is 2.44. The number of carbonyl (C=O) groups is 5. The number of furan rings is 2. The number of carboxylic acid groups (broad SMARTS) is 1. The smallest absolute Gasteiger partial charge is 0.408 e. The van der Waals surface area contributed by atoms with Crippen molar-refractivity contribution in [2.45, 2.75) is 130 Å². The predicted octanol–water partition coefficient (Wildman–Crippen LogP) is 9.59. The van der Waals surface area contributed by atoms with E-state index in [1.165, 1.54) is 42.9 Å². The summed E-state index contributed by atoms with van der Waals surface area (Å²) in [5.74, 6) is 1.21. The first kappa shape index (κ1) is 44.7. The molecule has 326 valence electrons. The highest BCUT2D eigenvalue weighted by atomic mass is 16.6. The number of hydrogen-bond acceptors (Lipinski definition) is 9. The van der Waals surface area contributed by atoms with E-state index in [2.05, 4.69) is 16.3 Å². The second-order valence-corrected chi connectivity index (χ2v) is 17.0. The summed E-state index contributed by atoms with van der Waals surface area (Å²) in [5, 5.41) is 12.8. The maximum atomic E-state index is 12.4. The van der Waals surface area contributed by atoms with Crippen LogP contribution in [0.1, 0.15) is 127 Å². The molecule has 1 fully saturated rings. The van der Waals surface area contributed by atoms with Crippen molar-refractivity contribution in [1.82, 2.24) is 15.1 Å². The number of hydrogen-bond donors (Lipinski definition) is 2. The third-order valence-corrected chi connectivity index (χ3v) is 11.6. The molecule has 0 radical (unpaired) electrons. The zero-order valence-electron chi connectivity index (χ0n) is 36.5. The van der Waals surface area contributed by atoms with Gasteiger partial charge in [0.15, 0.2) is 6.29 Å². The Kier molecular flexibility index (Phi) is 14.1. The Morgan fingerprint density at radius 3 is 1.95 bits per heavy atom. The zero-order valence-corrected chi connectivity index (χ0v) is 36.5. The van der Waals surface area contributed by atoms with Crippen molar-refractivity contribution in [2.75, 3.05) is 22.9 Å². The summed E-state index contributed by atoms with van der Waals surface area (Å²) in [6.07, 6.45) is 7.22. The summed E-state index contributed by atoms with van der Waals surface area (Å²) in [4.78, 5) is 67.3. The molecule has 2 aromatic carbocycles. The number of likely N-dealkylation sites (tertiary alicyclic amines) is 1. The molecule has 4 atom stereocenters. The summed E-state index contributed by atoms with van der Waals surface area (Å²) in [7, 11) is 0. The number of carbonyl (C=O) groups excluding carboxylic acids is 4. The predicted molar refractivity (Wildman–Crippen MR) is 233 cm³/mol. The van der Waals surface area contributed by atoms with Crippen LogP contribution in [0.5, 0.6) is 0 Å². The molecule has 2 aromatic heterocycles. The quantitative estimate of drug-likeness (QED) is 0.155. The van der Waals surface area contributed by atoms with E-state index in [4.69, 9.17) is 13.6 Å². The Labute approximate surface area is 357 Å². The summed E-state index contributed by atoms with van der Waals surface area (Å²) < 4.78 is 16.7. The minimum Gasteiger partial charge on any atom is -0.465 e. The molecule has 0 unspecified atom stereocenters. The minimum atomic E-state index is -0.999. The first-order valence-corrected chi connectivity index (χ1v) is 21.3. The standard InChI is InChI=1S/C26H35N3O4.C21H24N2O5/c1-17(2)33-26(31)27-23-12-18(3)29(19(4)30)24-9-8-21(14-22(23)24)25-13-20(16-32-25)15-28-10-6-5-7-11-28;1-12(2)22(21(26)27)19-7-13(3)23(14(4)25)18-6-5-16(9-17(18)19)20-8-15(10-24)11-28-20/h8-9,13-14,16-18,23H,5-7,10-12,15H2,1-4H3,(H,27,31);5-6,8-13,19H,7H2,1-4H3,(H,26,27)/t18-,23+;13-,19+/m00/s1. The largest absolute Gasteiger partial charge is 0.465 e. The second kappa shape index (κ2) is 19.2. The van der Waals surface area contributed by atoms with Crippen molar-refractivity contribution >= 4 is 41.7 Å². The zero-order chi connectivity index (χ0) is 44.1. The normalized spacial score (nSPS) is 20.0. The molecule has 0 spiro atoms. The van der Waals surface area contributed by atoms with Crippen molar-refractivity contribution in [1.29, 1.82) is 0 Å². The average molecular weight is 838 g/mol. The minimum absolute atomic E-state index is 0.0125. The van der Waals surface area contributed by atoms with Gasteiger partial charge in [-0.2, -0.15) is 0 Å². The summed E-state index contributed by atoms with van der Waals surface area (Å²) in [6.45, 7) is 17.5. The Morgan fingerprint density at radius 1 is 0.820 bits per heavy atom. The van der Waals surface area contributed by atoms with Crippen LogP contribution in [-0.2, 0) is 20.9 Å². The van der Waals surface area contributed by atoms with Crippen molar-refractivity contribution in [3.63, 3.8) is 0 Å². The van der Waals surface area contributed by atoms with E-state index in [1.54, 1.807) is 22.8 Å². The van der Waals surface area contributed by atoms with Gasteiger partial charge in [0.05, 0.1) is 30.0 Å². The Balaban J connectivity index is 0.000000207. The van der Waals surface area contributed by atoms with Gasteiger partial charge in [0, 0.05) is 66.6 Å². The monoisotopic (exact) mass is 837 g/mol. The van der Waals surface area contributed by atoms with E-state index in [0.29, 0.717) is 36.1 Å². The first-order chi connectivity index (χ1) is 29.1. The summed E-state index contributed by atoms with van der Waals surface area (Å²) in [5.41, 5.74) is 6.43. The van der Waals surface area contributed by atoms with E-state index in [9.17, 15) is 29.1 Å². The molecule has 3 aliphatic rings. The topological polar surface area (TPSA) is 166 Å². The van der Waals surface area contributed by atoms with Crippen LogP contribution in [0.15, 0.2) is 69.9 Å². The number of amides is 4. The molecular formula is C47H59N5O9. The van der Waals surface area contributed by atoms with Gasteiger partial charge < -0.3 is 33.8 Å². The fraction of sp³-hybridized carbons (Fsp3) is 0.468. The molecular weight excluding hydrogens is 779 g/mol. The van der Waals surface area contributed by atoms with Crippen molar-refractivity contribution in [3.05, 3.63) is 83.3 Å². The second-order valence-electron chi connectivity index (χ2n) is 17.0. The summed E-state index contributed by atoms with van der Waals surface area (Å²) >= 11 is 0. The van der Waals surface area contributed by atoms with Crippen LogP contribution in [0.4, 0.5) is 21.0 Å². The number of rotatable bonds is 9. The Hall–Kier alpha value is -5.89.